The van der Waals surface area contributed by atoms with Crippen molar-refractivity contribution < 1.29 is 9.52 Å². The Morgan fingerprint density at radius 3 is 2.71 bits per heavy atom. The summed E-state index contributed by atoms with van der Waals surface area (Å²) in [5, 5.41) is 9.41. The zero-order valence-electron chi connectivity index (χ0n) is 12.6. The van der Waals surface area contributed by atoms with Gasteiger partial charge in [-0.3, -0.25) is 9.47 Å². The van der Waals surface area contributed by atoms with Crippen LogP contribution in [0.2, 0.25) is 0 Å². The van der Waals surface area contributed by atoms with E-state index in [1.54, 1.807) is 7.05 Å². The van der Waals surface area contributed by atoms with Gasteiger partial charge in [0.1, 0.15) is 0 Å². The summed E-state index contributed by atoms with van der Waals surface area (Å²) >= 11 is 0. The number of aryl methyl sites for hydroxylation is 1. The lowest BCUT2D eigenvalue weighted by Crippen LogP contribution is -2.39. The lowest BCUT2D eigenvalue weighted by molar-refractivity contribution is 0.0557. The number of benzene rings is 1. The molecule has 2 aromatic rings. The molecule has 0 unspecified atom stereocenters. The van der Waals surface area contributed by atoms with Crippen molar-refractivity contribution in [2.24, 2.45) is 12.5 Å². The second-order valence-electron chi connectivity index (χ2n) is 6.47. The van der Waals surface area contributed by atoms with Crippen molar-refractivity contribution in [2.45, 2.75) is 26.3 Å². The van der Waals surface area contributed by atoms with Crippen LogP contribution in [0.1, 0.15) is 25.3 Å². The molecule has 0 amide bonds. The Labute approximate surface area is 123 Å². The highest BCUT2D eigenvalue weighted by atomic mass is 16.4. The molecule has 1 aliphatic heterocycles. The third-order valence-corrected chi connectivity index (χ3v) is 4.71. The summed E-state index contributed by atoms with van der Waals surface area (Å²) in [5.74, 6) is -0.321. The maximum absolute atomic E-state index is 11.5. The third kappa shape index (κ3) is 2.76. The van der Waals surface area contributed by atoms with Crippen LogP contribution in [0.3, 0.4) is 0 Å². The summed E-state index contributed by atoms with van der Waals surface area (Å²) in [5.41, 5.74) is 2.71. The van der Waals surface area contributed by atoms with Gasteiger partial charge in [0.2, 0.25) is 0 Å². The van der Waals surface area contributed by atoms with E-state index in [1.807, 2.05) is 12.1 Å². The van der Waals surface area contributed by atoms with E-state index >= 15 is 0 Å². The Bertz CT molecular complexity index is 693. The normalized spacial score (nSPS) is 19.2. The number of aliphatic hydroxyl groups excluding tert-OH is 1. The Morgan fingerprint density at radius 1 is 1.33 bits per heavy atom. The fourth-order valence-corrected chi connectivity index (χ4v) is 2.94. The maximum atomic E-state index is 11.5. The molecule has 3 rings (SSSR count). The van der Waals surface area contributed by atoms with Gasteiger partial charge in [0, 0.05) is 20.2 Å². The van der Waals surface area contributed by atoms with Crippen molar-refractivity contribution in [1.82, 2.24) is 9.47 Å². The number of fused-ring (bicyclic) bond motifs is 1. The summed E-state index contributed by atoms with van der Waals surface area (Å²) in [6, 6.07) is 5.95. The van der Waals surface area contributed by atoms with E-state index in [0.29, 0.717) is 5.58 Å². The first-order chi connectivity index (χ1) is 10.0. The molecule has 0 saturated carbocycles. The van der Waals surface area contributed by atoms with Crippen LogP contribution in [-0.2, 0) is 13.6 Å². The first kappa shape index (κ1) is 14.4. The summed E-state index contributed by atoms with van der Waals surface area (Å²) in [4.78, 5) is 13.9. The number of likely N-dealkylation sites (tertiary alicyclic amines) is 1. The third-order valence-electron chi connectivity index (χ3n) is 4.71. The zero-order chi connectivity index (χ0) is 15.0. The molecule has 5 nitrogen and oxygen atoms in total. The average Bonchev–Trinajstić information content (AvgIpc) is 2.76. The summed E-state index contributed by atoms with van der Waals surface area (Å²) in [6.45, 7) is 5.26. The van der Waals surface area contributed by atoms with Crippen molar-refractivity contribution in [3.8, 4) is 0 Å². The molecule has 0 radical (unpaired) electrons. The smallest absolute Gasteiger partial charge is 0.408 e. The van der Waals surface area contributed by atoms with Crippen LogP contribution in [0, 0.1) is 5.41 Å². The highest BCUT2D eigenvalue weighted by Gasteiger charge is 2.29. The molecule has 0 spiro atoms. The van der Waals surface area contributed by atoms with Crippen LogP contribution in [0.25, 0.3) is 11.1 Å². The van der Waals surface area contributed by atoms with Gasteiger partial charge in [-0.15, -0.1) is 0 Å². The minimum absolute atomic E-state index is 0.0761. The van der Waals surface area contributed by atoms with E-state index in [1.165, 1.54) is 4.57 Å². The molecule has 21 heavy (non-hydrogen) atoms. The van der Waals surface area contributed by atoms with Gasteiger partial charge in [-0.1, -0.05) is 13.0 Å². The standard InChI is InChI=1S/C16H22N2O3/c1-16(11-19)5-7-18(8-6-16)10-12-3-4-13-14(9-12)21-15(20)17(13)2/h3-4,9,19H,5-8,10-11H2,1-2H3. The van der Waals surface area contributed by atoms with Crippen LogP contribution in [0.15, 0.2) is 27.4 Å². The zero-order valence-corrected chi connectivity index (χ0v) is 12.6. The SMILES string of the molecule is Cn1c(=O)oc2cc(CN3CCC(C)(CO)CC3)ccc21. The van der Waals surface area contributed by atoms with E-state index in [9.17, 15) is 9.90 Å². The molecule has 1 saturated heterocycles. The van der Waals surface area contributed by atoms with E-state index in [-0.39, 0.29) is 17.8 Å². The molecule has 1 N–H and O–H groups in total. The van der Waals surface area contributed by atoms with E-state index in [4.69, 9.17) is 4.42 Å². The number of nitrogens with zero attached hydrogens (tertiary/aromatic N) is 2. The molecule has 1 fully saturated rings. The van der Waals surface area contributed by atoms with Gasteiger partial charge in [0.25, 0.3) is 0 Å². The molecule has 1 aliphatic rings. The average molecular weight is 290 g/mol. The molecular formula is C16H22N2O3. The summed E-state index contributed by atoms with van der Waals surface area (Å²) < 4.78 is 6.76. The number of hydrogen-bond donors (Lipinski definition) is 1. The van der Waals surface area contributed by atoms with Gasteiger partial charge in [-0.05, 0) is 49.0 Å². The predicted octanol–water partition coefficient (Wildman–Crippen LogP) is 1.73. The van der Waals surface area contributed by atoms with Gasteiger partial charge >= 0.3 is 5.76 Å². The monoisotopic (exact) mass is 290 g/mol. The second-order valence-corrected chi connectivity index (χ2v) is 6.47. The molecule has 1 aromatic carbocycles. The highest BCUT2D eigenvalue weighted by Crippen LogP contribution is 2.30. The maximum Gasteiger partial charge on any atom is 0.419 e. The van der Waals surface area contributed by atoms with Crippen molar-refractivity contribution in [3.63, 3.8) is 0 Å². The molecular weight excluding hydrogens is 268 g/mol. The van der Waals surface area contributed by atoms with Gasteiger partial charge in [-0.2, -0.15) is 0 Å². The molecule has 1 aromatic heterocycles. The number of aromatic nitrogens is 1. The molecule has 0 bridgehead atoms. The fourth-order valence-electron chi connectivity index (χ4n) is 2.94. The Balaban J connectivity index is 1.73. The second kappa shape index (κ2) is 5.31. The minimum atomic E-state index is -0.321. The van der Waals surface area contributed by atoms with Crippen molar-refractivity contribution in [3.05, 3.63) is 34.3 Å². The quantitative estimate of drug-likeness (QED) is 0.935. The molecule has 0 aliphatic carbocycles. The van der Waals surface area contributed by atoms with E-state index in [2.05, 4.69) is 17.9 Å². The fraction of sp³-hybridized carbons (Fsp3) is 0.562. The Hall–Kier alpha value is -1.59. The highest BCUT2D eigenvalue weighted by molar-refractivity contribution is 5.73. The van der Waals surface area contributed by atoms with Gasteiger partial charge in [-0.25, -0.2) is 4.79 Å². The molecule has 114 valence electrons. The number of aliphatic hydroxyl groups is 1. The number of rotatable bonds is 3. The van der Waals surface area contributed by atoms with Crippen molar-refractivity contribution in [1.29, 1.82) is 0 Å². The number of piperidine rings is 1. The largest absolute Gasteiger partial charge is 0.419 e. The lowest BCUT2D eigenvalue weighted by Gasteiger charge is -2.38. The first-order valence-corrected chi connectivity index (χ1v) is 7.42. The van der Waals surface area contributed by atoms with Crippen LogP contribution in [0.4, 0.5) is 0 Å². The topological polar surface area (TPSA) is 58.6 Å². The molecule has 0 atom stereocenters. The minimum Gasteiger partial charge on any atom is -0.408 e. The van der Waals surface area contributed by atoms with Crippen molar-refractivity contribution in [2.75, 3.05) is 19.7 Å². The number of hydrogen-bond acceptors (Lipinski definition) is 4. The first-order valence-electron chi connectivity index (χ1n) is 7.42. The van der Waals surface area contributed by atoms with Crippen LogP contribution >= 0.6 is 0 Å². The van der Waals surface area contributed by atoms with Gasteiger partial charge in [0.05, 0.1) is 5.52 Å². The lowest BCUT2D eigenvalue weighted by atomic mass is 9.81. The number of oxazole rings is 1. The van der Waals surface area contributed by atoms with Crippen LogP contribution in [0.5, 0.6) is 0 Å². The van der Waals surface area contributed by atoms with Gasteiger partial charge < -0.3 is 9.52 Å². The Kier molecular flexibility index (Phi) is 3.63. The van der Waals surface area contributed by atoms with E-state index < -0.39 is 0 Å². The van der Waals surface area contributed by atoms with Crippen LogP contribution < -0.4 is 5.76 Å². The Morgan fingerprint density at radius 2 is 2.05 bits per heavy atom. The van der Waals surface area contributed by atoms with Crippen LogP contribution in [-0.4, -0.2) is 34.3 Å². The molecule has 2 heterocycles. The van der Waals surface area contributed by atoms with Crippen molar-refractivity contribution >= 4 is 11.1 Å². The summed E-state index contributed by atoms with van der Waals surface area (Å²) in [7, 11) is 1.72. The molecule has 5 heteroatoms. The van der Waals surface area contributed by atoms with E-state index in [0.717, 1.165) is 43.6 Å². The predicted molar refractivity (Wildman–Crippen MR) is 81.2 cm³/mol. The summed E-state index contributed by atoms with van der Waals surface area (Å²) in [6.07, 6.45) is 2.04. The van der Waals surface area contributed by atoms with Gasteiger partial charge in [0.15, 0.2) is 5.58 Å².